The Bertz CT molecular complexity index is 358. The molecular weight excluding hydrogens is 252 g/mol. The summed E-state index contributed by atoms with van der Waals surface area (Å²) < 4.78 is 5.14. The summed E-state index contributed by atoms with van der Waals surface area (Å²) >= 11 is 7.04. The van der Waals surface area contributed by atoms with E-state index in [0.717, 1.165) is 30.2 Å². The van der Waals surface area contributed by atoms with Crippen molar-refractivity contribution < 1.29 is 4.74 Å². The summed E-state index contributed by atoms with van der Waals surface area (Å²) in [7, 11) is 1.65. The summed E-state index contributed by atoms with van der Waals surface area (Å²) in [6, 6.07) is 7.70. The van der Waals surface area contributed by atoms with Crippen LogP contribution in [0.3, 0.4) is 0 Å². The third-order valence-electron chi connectivity index (χ3n) is 2.14. The number of rotatable bonds is 6. The van der Waals surface area contributed by atoms with Crippen LogP contribution in [-0.2, 0) is 0 Å². The minimum Gasteiger partial charge on any atom is -0.497 e. The van der Waals surface area contributed by atoms with Gasteiger partial charge in [0.2, 0.25) is 0 Å². The van der Waals surface area contributed by atoms with Crippen LogP contribution in [0.25, 0.3) is 0 Å². The first-order valence-electron chi connectivity index (χ1n) is 5.44. The Morgan fingerprint density at radius 3 is 3.00 bits per heavy atom. The molecule has 2 N–H and O–H groups in total. The van der Waals surface area contributed by atoms with Crippen molar-refractivity contribution in [1.29, 1.82) is 0 Å². The van der Waals surface area contributed by atoms with Crippen molar-refractivity contribution in [2.75, 3.05) is 31.0 Å². The number of thiocarbonyl (C=S) groups is 1. The van der Waals surface area contributed by atoms with Crippen LogP contribution in [0.15, 0.2) is 24.3 Å². The molecule has 17 heavy (non-hydrogen) atoms. The second-order valence-electron chi connectivity index (χ2n) is 3.46. The van der Waals surface area contributed by atoms with E-state index in [0.29, 0.717) is 5.11 Å². The number of anilines is 1. The highest BCUT2D eigenvalue weighted by atomic mass is 32.2. The number of benzene rings is 1. The van der Waals surface area contributed by atoms with E-state index in [1.54, 1.807) is 7.11 Å². The van der Waals surface area contributed by atoms with E-state index in [1.807, 2.05) is 36.0 Å². The van der Waals surface area contributed by atoms with E-state index in [4.69, 9.17) is 17.0 Å². The largest absolute Gasteiger partial charge is 0.497 e. The highest BCUT2D eigenvalue weighted by molar-refractivity contribution is 7.98. The number of nitrogens with one attached hydrogen (secondary N) is 2. The van der Waals surface area contributed by atoms with E-state index in [2.05, 4.69) is 16.9 Å². The van der Waals surface area contributed by atoms with Crippen molar-refractivity contribution in [2.24, 2.45) is 0 Å². The predicted molar refractivity (Wildman–Crippen MR) is 80.2 cm³/mol. The Kier molecular flexibility index (Phi) is 6.81. The fraction of sp³-hybridized carbons (Fsp3) is 0.417. The molecule has 0 aliphatic heterocycles. The fourth-order valence-corrected chi connectivity index (χ4v) is 1.95. The molecule has 0 saturated heterocycles. The zero-order chi connectivity index (χ0) is 12.5. The van der Waals surface area contributed by atoms with Gasteiger partial charge in [0.15, 0.2) is 5.11 Å². The van der Waals surface area contributed by atoms with E-state index in [-0.39, 0.29) is 0 Å². The SMILES string of the molecule is COc1cccc(NC(=S)NCCCSC)c1. The number of methoxy groups -OCH3 is 1. The van der Waals surface area contributed by atoms with Crippen molar-refractivity contribution >= 4 is 34.8 Å². The molecule has 1 aromatic rings. The molecule has 0 radical (unpaired) electrons. The van der Waals surface area contributed by atoms with Gasteiger partial charge in [0.25, 0.3) is 0 Å². The van der Waals surface area contributed by atoms with Gasteiger partial charge in [-0.25, -0.2) is 0 Å². The summed E-state index contributed by atoms with van der Waals surface area (Å²) in [5.74, 6) is 1.97. The average Bonchev–Trinajstić information content (AvgIpc) is 2.35. The lowest BCUT2D eigenvalue weighted by Crippen LogP contribution is -2.29. The maximum absolute atomic E-state index is 5.20. The summed E-state index contributed by atoms with van der Waals surface area (Å²) in [5.41, 5.74) is 0.937. The normalized spacial score (nSPS) is 9.76. The molecule has 0 aliphatic rings. The second kappa shape index (κ2) is 8.20. The first-order chi connectivity index (χ1) is 8.26. The summed E-state index contributed by atoms with van der Waals surface area (Å²) in [4.78, 5) is 0. The number of hydrogen-bond acceptors (Lipinski definition) is 3. The van der Waals surface area contributed by atoms with Crippen molar-refractivity contribution in [3.8, 4) is 5.75 Å². The molecule has 0 saturated carbocycles. The molecule has 1 rings (SSSR count). The lowest BCUT2D eigenvalue weighted by molar-refractivity contribution is 0.415. The predicted octanol–water partition coefficient (Wildman–Crippen LogP) is 2.73. The first kappa shape index (κ1) is 14.1. The van der Waals surface area contributed by atoms with Crippen molar-refractivity contribution in [3.05, 3.63) is 24.3 Å². The molecule has 0 fully saturated rings. The van der Waals surface area contributed by atoms with Gasteiger partial charge < -0.3 is 15.4 Å². The highest BCUT2D eigenvalue weighted by Crippen LogP contribution is 2.16. The standard InChI is InChI=1S/C12H18N2OS2/c1-15-11-6-3-5-10(9-11)14-12(16)13-7-4-8-17-2/h3,5-6,9H,4,7-8H2,1-2H3,(H2,13,14,16). The van der Waals surface area contributed by atoms with Crippen LogP contribution in [0.4, 0.5) is 5.69 Å². The maximum atomic E-state index is 5.20. The second-order valence-corrected chi connectivity index (χ2v) is 4.85. The average molecular weight is 270 g/mol. The Balaban J connectivity index is 2.34. The molecule has 1 aromatic carbocycles. The maximum Gasteiger partial charge on any atom is 0.170 e. The third kappa shape index (κ3) is 5.79. The molecule has 0 aliphatic carbocycles. The van der Waals surface area contributed by atoms with Crippen molar-refractivity contribution in [3.63, 3.8) is 0 Å². The summed E-state index contributed by atoms with van der Waals surface area (Å²) in [5, 5.41) is 6.95. The molecular formula is C12H18N2OS2. The van der Waals surface area contributed by atoms with Gasteiger partial charge in [-0.15, -0.1) is 0 Å². The molecule has 0 spiro atoms. The van der Waals surface area contributed by atoms with Crippen LogP contribution in [0.2, 0.25) is 0 Å². The molecule has 5 heteroatoms. The quantitative estimate of drug-likeness (QED) is 0.613. The smallest absolute Gasteiger partial charge is 0.170 e. The lowest BCUT2D eigenvalue weighted by Gasteiger charge is -2.10. The summed E-state index contributed by atoms with van der Waals surface area (Å²) in [6.07, 6.45) is 3.22. The molecule has 94 valence electrons. The van der Waals surface area contributed by atoms with Gasteiger partial charge in [-0.2, -0.15) is 11.8 Å². The van der Waals surface area contributed by atoms with E-state index >= 15 is 0 Å². The van der Waals surface area contributed by atoms with Gasteiger partial charge in [-0.1, -0.05) is 6.07 Å². The Labute approximate surface area is 112 Å². The van der Waals surface area contributed by atoms with Crippen molar-refractivity contribution in [1.82, 2.24) is 5.32 Å². The zero-order valence-corrected chi connectivity index (χ0v) is 11.8. The Hall–Kier alpha value is -0.940. The van der Waals surface area contributed by atoms with Crippen LogP contribution in [-0.4, -0.2) is 30.8 Å². The minimum absolute atomic E-state index is 0.652. The van der Waals surface area contributed by atoms with Gasteiger partial charge >= 0.3 is 0 Å². The van der Waals surface area contributed by atoms with Crippen LogP contribution in [0, 0.1) is 0 Å². The zero-order valence-electron chi connectivity index (χ0n) is 10.2. The van der Waals surface area contributed by atoms with Crippen LogP contribution >= 0.6 is 24.0 Å². The molecule has 0 amide bonds. The van der Waals surface area contributed by atoms with Crippen LogP contribution in [0.1, 0.15) is 6.42 Å². The van der Waals surface area contributed by atoms with E-state index in [9.17, 15) is 0 Å². The van der Waals surface area contributed by atoms with E-state index in [1.165, 1.54) is 0 Å². The lowest BCUT2D eigenvalue weighted by atomic mass is 10.3. The number of thioether (sulfide) groups is 1. The van der Waals surface area contributed by atoms with Crippen LogP contribution in [0.5, 0.6) is 5.75 Å². The van der Waals surface area contributed by atoms with Gasteiger partial charge in [0.1, 0.15) is 5.75 Å². The molecule has 0 heterocycles. The first-order valence-corrected chi connectivity index (χ1v) is 7.24. The van der Waals surface area contributed by atoms with Crippen molar-refractivity contribution in [2.45, 2.75) is 6.42 Å². The molecule has 3 nitrogen and oxygen atoms in total. The third-order valence-corrected chi connectivity index (χ3v) is 3.08. The topological polar surface area (TPSA) is 33.3 Å². The number of ether oxygens (including phenoxy) is 1. The Morgan fingerprint density at radius 1 is 1.47 bits per heavy atom. The molecule has 0 unspecified atom stereocenters. The summed E-state index contributed by atoms with van der Waals surface area (Å²) in [6.45, 7) is 0.899. The molecule has 0 atom stereocenters. The van der Waals surface area contributed by atoms with E-state index < -0.39 is 0 Å². The highest BCUT2D eigenvalue weighted by Gasteiger charge is 1.98. The van der Waals surface area contributed by atoms with Crippen LogP contribution < -0.4 is 15.4 Å². The molecule has 0 bridgehead atoms. The van der Waals surface area contributed by atoms with Gasteiger partial charge in [0.05, 0.1) is 7.11 Å². The van der Waals surface area contributed by atoms with Gasteiger partial charge in [0, 0.05) is 18.3 Å². The minimum atomic E-state index is 0.652. The molecule has 0 aromatic heterocycles. The van der Waals surface area contributed by atoms with Gasteiger partial charge in [-0.3, -0.25) is 0 Å². The Morgan fingerprint density at radius 2 is 2.29 bits per heavy atom. The number of hydrogen-bond donors (Lipinski definition) is 2. The fourth-order valence-electron chi connectivity index (χ4n) is 1.29. The van der Waals surface area contributed by atoms with Gasteiger partial charge in [-0.05, 0) is 42.8 Å². The monoisotopic (exact) mass is 270 g/mol.